The minimum Gasteiger partial charge on any atom is -0.349 e. The van der Waals surface area contributed by atoms with Crippen LogP contribution in [0.5, 0.6) is 0 Å². The van der Waals surface area contributed by atoms with E-state index in [9.17, 15) is 14.9 Å². The van der Waals surface area contributed by atoms with E-state index in [-0.39, 0.29) is 23.2 Å². The number of hydrogen-bond donors (Lipinski definition) is 3. The largest absolute Gasteiger partial charge is 0.349 e. The lowest BCUT2D eigenvalue weighted by atomic mass is 10.1. The van der Waals surface area contributed by atoms with Crippen LogP contribution >= 0.6 is 0 Å². The molecule has 7 nitrogen and oxygen atoms in total. The summed E-state index contributed by atoms with van der Waals surface area (Å²) in [7, 11) is 0. The molecule has 0 aromatic heterocycles. The average molecular weight is 278 g/mol. The fraction of sp³-hybridized carbons (Fsp3) is 0.462. The van der Waals surface area contributed by atoms with Crippen molar-refractivity contribution in [2.75, 3.05) is 5.43 Å². The smallest absolute Gasteiger partial charge is 0.270 e. The number of nitrogen functional groups attached to an aromatic ring is 1. The first-order valence-corrected chi connectivity index (χ1v) is 6.62. The average Bonchev–Trinajstić information content (AvgIpc) is 3.16. The van der Waals surface area contributed by atoms with E-state index in [0.29, 0.717) is 11.6 Å². The standard InChI is InChI=1S/C13H18N4O3/c1-2-3-8-6-12(8)15-13(18)10-7-9(17(19)20)4-5-11(10)16-14/h4-5,7-8,12,16H,2-3,6,14H2,1H3,(H,15,18). The molecule has 1 aliphatic carbocycles. The summed E-state index contributed by atoms with van der Waals surface area (Å²) in [5.74, 6) is 5.53. The molecule has 1 aliphatic rings. The Hall–Kier alpha value is -2.15. The van der Waals surface area contributed by atoms with Gasteiger partial charge in [-0.1, -0.05) is 13.3 Å². The minimum absolute atomic E-state index is 0.130. The maximum atomic E-state index is 12.2. The van der Waals surface area contributed by atoms with Crippen molar-refractivity contribution in [1.29, 1.82) is 0 Å². The molecule has 2 atom stereocenters. The van der Waals surface area contributed by atoms with Gasteiger partial charge in [-0.25, -0.2) is 0 Å². The third-order valence-corrected chi connectivity index (χ3v) is 3.51. The van der Waals surface area contributed by atoms with Gasteiger partial charge in [0, 0.05) is 18.2 Å². The Labute approximate surface area is 116 Å². The monoisotopic (exact) mass is 278 g/mol. The van der Waals surface area contributed by atoms with Crippen LogP contribution in [0.25, 0.3) is 0 Å². The normalized spacial score (nSPS) is 20.3. The first kappa shape index (κ1) is 14.3. The summed E-state index contributed by atoms with van der Waals surface area (Å²) in [4.78, 5) is 22.4. The third-order valence-electron chi connectivity index (χ3n) is 3.51. The van der Waals surface area contributed by atoms with Gasteiger partial charge in [0.25, 0.3) is 11.6 Å². The number of nitrogens with zero attached hydrogens (tertiary/aromatic N) is 1. The number of nitrogens with two attached hydrogens (primary N) is 1. The number of carbonyl (C=O) groups is 1. The zero-order chi connectivity index (χ0) is 14.7. The van der Waals surface area contributed by atoms with Crippen LogP contribution in [0.2, 0.25) is 0 Å². The van der Waals surface area contributed by atoms with Crippen molar-refractivity contribution in [3.63, 3.8) is 0 Å². The van der Waals surface area contributed by atoms with Crippen LogP contribution in [0.4, 0.5) is 11.4 Å². The highest BCUT2D eigenvalue weighted by atomic mass is 16.6. The summed E-state index contributed by atoms with van der Waals surface area (Å²) >= 11 is 0. The number of carbonyl (C=O) groups excluding carboxylic acids is 1. The van der Waals surface area contributed by atoms with Gasteiger partial charge >= 0.3 is 0 Å². The SMILES string of the molecule is CCCC1CC1NC(=O)c1cc([N+](=O)[O-])ccc1NN. The molecule has 1 amide bonds. The van der Waals surface area contributed by atoms with Gasteiger partial charge in [-0.3, -0.25) is 20.8 Å². The van der Waals surface area contributed by atoms with Gasteiger partial charge in [0.1, 0.15) is 0 Å². The summed E-state index contributed by atoms with van der Waals surface area (Å²) in [6.45, 7) is 2.11. The summed E-state index contributed by atoms with van der Waals surface area (Å²) in [6, 6.07) is 4.15. The lowest BCUT2D eigenvalue weighted by molar-refractivity contribution is -0.384. The Morgan fingerprint density at radius 1 is 1.55 bits per heavy atom. The van der Waals surface area contributed by atoms with Crippen molar-refractivity contribution in [2.24, 2.45) is 11.8 Å². The lowest BCUT2D eigenvalue weighted by Crippen LogP contribution is -2.28. The second-order valence-corrected chi connectivity index (χ2v) is 5.00. The molecule has 108 valence electrons. The van der Waals surface area contributed by atoms with E-state index in [1.54, 1.807) is 0 Å². The van der Waals surface area contributed by atoms with E-state index >= 15 is 0 Å². The number of nitrogens with one attached hydrogen (secondary N) is 2. The number of hydrogen-bond acceptors (Lipinski definition) is 5. The maximum absolute atomic E-state index is 12.2. The topological polar surface area (TPSA) is 110 Å². The van der Waals surface area contributed by atoms with E-state index in [2.05, 4.69) is 17.7 Å². The molecule has 2 unspecified atom stereocenters. The number of benzene rings is 1. The first-order valence-electron chi connectivity index (χ1n) is 6.62. The van der Waals surface area contributed by atoms with E-state index in [4.69, 9.17) is 5.84 Å². The molecule has 0 spiro atoms. The molecule has 7 heteroatoms. The number of hydrazine groups is 1. The number of anilines is 1. The Kier molecular flexibility index (Phi) is 4.19. The van der Waals surface area contributed by atoms with E-state index < -0.39 is 4.92 Å². The molecule has 4 N–H and O–H groups in total. The lowest BCUT2D eigenvalue weighted by Gasteiger charge is -2.09. The van der Waals surface area contributed by atoms with Crippen LogP contribution in [-0.2, 0) is 0 Å². The highest BCUT2D eigenvalue weighted by molar-refractivity contribution is 6.00. The van der Waals surface area contributed by atoms with Crippen LogP contribution in [-0.4, -0.2) is 16.9 Å². The van der Waals surface area contributed by atoms with Gasteiger partial charge in [0.05, 0.1) is 16.2 Å². The van der Waals surface area contributed by atoms with Crippen molar-refractivity contribution in [3.8, 4) is 0 Å². The van der Waals surface area contributed by atoms with E-state index in [1.807, 2.05) is 0 Å². The molecule has 0 radical (unpaired) electrons. The van der Waals surface area contributed by atoms with Gasteiger partial charge in [-0.15, -0.1) is 0 Å². The maximum Gasteiger partial charge on any atom is 0.270 e. The van der Waals surface area contributed by atoms with Gasteiger partial charge in [0.15, 0.2) is 0 Å². The summed E-state index contributed by atoms with van der Waals surface area (Å²) in [5.41, 5.74) is 2.83. The molecule has 1 aromatic carbocycles. The molecule has 1 fully saturated rings. The molecule has 20 heavy (non-hydrogen) atoms. The summed E-state index contributed by atoms with van der Waals surface area (Å²) < 4.78 is 0. The van der Waals surface area contributed by atoms with Crippen molar-refractivity contribution in [2.45, 2.75) is 32.2 Å². The van der Waals surface area contributed by atoms with Crippen LogP contribution in [0.15, 0.2) is 18.2 Å². The highest BCUT2D eigenvalue weighted by Crippen LogP contribution is 2.35. The molecule has 0 saturated heterocycles. The Bertz CT molecular complexity index is 532. The zero-order valence-electron chi connectivity index (χ0n) is 11.3. The van der Waals surface area contributed by atoms with Crippen LogP contribution in [0.3, 0.4) is 0 Å². The molecule has 0 aliphatic heterocycles. The fourth-order valence-corrected chi connectivity index (χ4v) is 2.32. The number of rotatable bonds is 6. The number of nitro groups is 1. The van der Waals surface area contributed by atoms with Gasteiger partial charge in [0.2, 0.25) is 0 Å². The molecular formula is C13H18N4O3. The number of non-ortho nitro benzene ring substituents is 1. The Balaban J connectivity index is 2.12. The summed E-state index contributed by atoms with van der Waals surface area (Å²) in [5, 5.41) is 13.7. The van der Waals surface area contributed by atoms with Crippen molar-refractivity contribution in [1.82, 2.24) is 5.32 Å². The highest BCUT2D eigenvalue weighted by Gasteiger charge is 2.37. The van der Waals surface area contributed by atoms with Crippen LogP contribution < -0.4 is 16.6 Å². The van der Waals surface area contributed by atoms with Crippen molar-refractivity contribution >= 4 is 17.3 Å². The molecule has 1 saturated carbocycles. The van der Waals surface area contributed by atoms with Crippen molar-refractivity contribution < 1.29 is 9.72 Å². The molecule has 2 rings (SSSR count). The van der Waals surface area contributed by atoms with E-state index in [0.717, 1.165) is 19.3 Å². The van der Waals surface area contributed by atoms with Crippen LogP contribution in [0.1, 0.15) is 36.5 Å². The first-order chi connectivity index (χ1) is 9.56. The van der Waals surface area contributed by atoms with Crippen LogP contribution in [0, 0.1) is 16.0 Å². The predicted octanol–water partition coefficient (Wildman–Crippen LogP) is 1.80. The number of nitro benzene ring substituents is 1. The molecule has 1 aromatic rings. The van der Waals surface area contributed by atoms with Gasteiger partial charge < -0.3 is 10.7 Å². The van der Waals surface area contributed by atoms with Crippen molar-refractivity contribution in [3.05, 3.63) is 33.9 Å². The summed E-state index contributed by atoms with van der Waals surface area (Å²) in [6.07, 6.45) is 3.14. The quantitative estimate of drug-likeness (QED) is 0.417. The van der Waals surface area contributed by atoms with E-state index in [1.165, 1.54) is 18.2 Å². The number of amides is 1. The Morgan fingerprint density at radius 2 is 2.30 bits per heavy atom. The Morgan fingerprint density at radius 3 is 2.90 bits per heavy atom. The third kappa shape index (κ3) is 3.05. The fourth-order valence-electron chi connectivity index (χ4n) is 2.32. The molecule has 0 heterocycles. The predicted molar refractivity (Wildman–Crippen MR) is 75.2 cm³/mol. The second kappa shape index (κ2) is 5.87. The second-order valence-electron chi connectivity index (χ2n) is 5.00. The molecular weight excluding hydrogens is 260 g/mol. The minimum atomic E-state index is -0.534. The van der Waals surface area contributed by atoms with Gasteiger partial charge in [-0.05, 0) is 24.8 Å². The van der Waals surface area contributed by atoms with Gasteiger partial charge in [-0.2, -0.15) is 0 Å². The molecule has 0 bridgehead atoms. The zero-order valence-corrected chi connectivity index (χ0v) is 11.3.